The molecular formula is C16H18N2O4. The maximum Gasteiger partial charge on any atom is 0.331 e. The van der Waals surface area contributed by atoms with Gasteiger partial charge >= 0.3 is 6.03 Å². The van der Waals surface area contributed by atoms with Gasteiger partial charge in [0.1, 0.15) is 17.1 Å². The Kier molecular flexibility index (Phi) is 3.83. The quantitative estimate of drug-likeness (QED) is 0.672. The van der Waals surface area contributed by atoms with Crippen molar-refractivity contribution in [1.29, 1.82) is 0 Å². The Morgan fingerprint density at radius 1 is 1.18 bits per heavy atom. The Morgan fingerprint density at radius 3 is 2.55 bits per heavy atom. The lowest BCUT2D eigenvalue weighted by molar-refractivity contribution is -0.132. The second-order valence-electron chi connectivity index (χ2n) is 5.73. The summed E-state index contributed by atoms with van der Waals surface area (Å²) in [6.45, 7) is 1.78. The lowest BCUT2D eigenvalue weighted by Gasteiger charge is -2.35. The van der Waals surface area contributed by atoms with E-state index < -0.39 is 17.8 Å². The van der Waals surface area contributed by atoms with Crippen LogP contribution in [0.4, 0.5) is 4.79 Å². The van der Waals surface area contributed by atoms with Crippen LogP contribution in [-0.4, -0.2) is 28.8 Å². The van der Waals surface area contributed by atoms with E-state index in [4.69, 9.17) is 4.42 Å². The summed E-state index contributed by atoms with van der Waals surface area (Å²) < 4.78 is 5.38. The number of hydrogen-bond donors (Lipinski definition) is 1. The molecule has 116 valence electrons. The fourth-order valence-electron chi connectivity index (χ4n) is 3.02. The van der Waals surface area contributed by atoms with E-state index >= 15 is 0 Å². The predicted molar refractivity (Wildman–Crippen MR) is 78.7 cm³/mol. The zero-order chi connectivity index (χ0) is 15.7. The third kappa shape index (κ3) is 2.68. The maximum absolute atomic E-state index is 12.6. The number of aryl methyl sites for hydroxylation is 1. The zero-order valence-electron chi connectivity index (χ0n) is 12.4. The van der Waals surface area contributed by atoms with Crippen molar-refractivity contribution in [3.8, 4) is 0 Å². The van der Waals surface area contributed by atoms with Gasteiger partial charge in [-0.25, -0.2) is 4.79 Å². The summed E-state index contributed by atoms with van der Waals surface area (Å²) in [5, 5.41) is 2.25. The number of imide groups is 2. The molecule has 1 aliphatic carbocycles. The Hall–Kier alpha value is -2.37. The summed E-state index contributed by atoms with van der Waals surface area (Å²) >= 11 is 0. The van der Waals surface area contributed by atoms with Crippen LogP contribution in [-0.2, 0) is 9.59 Å². The van der Waals surface area contributed by atoms with Crippen LogP contribution < -0.4 is 5.32 Å². The number of amides is 4. The van der Waals surface area contributed by atoms with Gasteiger partial charge in [0.25, 0.3) is 11.8 Å². The smallest absolute Gasteiger partial charge is 0.331 e. The molecule has 1 N–H and O–H groups in total. The summed E-state index contributed by atoms with van der Waals surface area (Å²) in [4.78, 5) is 37.8. The van der Waals surface area contributed by atoms with Gasteiger partial charge in [0.15, 0.2) is 0 Å². The fourth-order valence-corrected chi connectivity index (χ4v) is 3.02. The average Bonchev–Trinajstić information content (AvgIpc) is 2.90. The Labute approximate surface area is 128 Å². The van der Waals surface area contributed by atoms with Gasteiger partial charge in [-0.3, -0.25) is 19.8 Å². The summed E-state index contributed by atoms with van der Waals surface area (Å²) in [6.07, 6.45) is 6.08. The van der Waals surface area contributed by atoms with E-state index in [1.807, 2.05) is 0 Å². The fraction of sp³-hybridized carbons (Fsp3) is 0.438. The Bertz CT molecular complexity index is 653. The molecule has 2 heterocycles. The minimum atomic E-state index is -0.670. The summed E-state index contributed by atoms with van der Waals surface area (Å²) in [5.74, 6) is -0.0875. The third-order valence-electron chi connectivity index (χ3n) is 4.12. The number of nitrogens with one attached hydrogen (secondary N) is 1. The topological polar surface area (TPSA) is 79.6 Å². The van der Waals surface area contributed by atoms with Crippen molar-refractivity contribution in [1.82, 2.24) is 10.2 Å². The largest absolute Gasteiger partial charge is 0.462 e. The third-order valence-corrected chi connectivity index (χ3v) is 4.12. The number of nitrogens with zero attached hydrogens (tertiary/aromatic N) is 1. The van der Waals surface area contributed by atoms with Crippen LogP contribution in [0.15, 0.2) is 22.1 Å². The average molecular weight is 302 g/mol. The number of carbonyl (C=O) groups excluding carboxylic acids is 3. The molecular weight excluding hydrogens is 284 g/mol. The Morgan fingerprint density at radius 2 is 1.91 bits per heavy atom. The first kappa shape index (κ1) is 14.6. The van der Waals surface area contributed by atoms with Gasteiger partial charge in [-0.15, -0.1) is 0 Å². The molecule has 0 spiro atoms. The summed E-state index contributed by atoms with van der Waals surface area (Å²) in [6, 6.07) is 2.69. The number of barbiturate groups is 1. The Balaban J connectivity index is 1.90. The van der Waals surface area contributed by atoms with Gasteiger partial charge in [-0.1, -0.05) is 19.3 Å². The molecule has 2 fully saturated rings. The first-order valence-electron chi connectivity index (χ1n) is 7.53. The van der Waals surface area contributed by atoms with Crippen LogP contribution >= 0.6 is 0 Å². The monoisotopic (exact) mass is 302 g/mol. The molecule has 0 atom stereocenters. The molecule has 1 aromatic heterocycles. The molecule has 1 saturated carbocycles. The molecule has 0 bridgehead atoms. The summed E-state index contributed by atoms with van der Waals surface area (Å²) in [5.41, 5.74) is -0.0560. The molecule has 0 aromatic carbocycles. The van der Waals surface area contributed by atoms with E-state index in [9.17, 15) is 14.4 Å². The molecule has 2 aliphatic rings. The first-order chi connectivity index (χ1) is 10.6. The molecule has 0 unspecified atom stereocenters. The number of rotatable bonds is 2. The second kappa shape index (κ2) is 5.79. The normalized spacial score (nSPS) is 22.3. The van der Waals surface area contributed by atoms with Gasteiger partial charge in [-0.05, 0) is 38.0 Å². The van der Waals surface area contributed by atoms with E-state index in [1.165, 1.54) is 11.0 Å². The molecule has 3 rings (SSSR count). The van der Waals surface area contributed by atoms with Crippen LogP contribution in [0.5, 0.6) is 0 Å². The van der Waals surface area contributed by atoms with E-state index in [0.29, 0.717) is 11.5 Å². The van der Waals surface area contributed by atoms with Crippen LogP contribution in [0, 0.1) is 6.92 Å². The number of carbonyl (C=O) groups is 3. The molecule has 1 aliphatic heterocycles. The van der Waals surface area contributed by atoms with Gasteiger partial charge in [0.2, 0.25) is 0 Å². The van der Waals surface area contributed by atoms with Crippen molar-refractivity contribution in [3.05, 3.63) is 29.2 Å². The van der Waals surface area contributed by atoms with Crippen molar-refractivity contribution in [3.63, 3.8) is 0 Å². The van der Waals surface area contributed by atoms with Crippen LogP contribution in [0.1, 0.15) is 43.6 Å². The highest BCUT2D eigenvalue weighted by molar-refractivity contribution is 6.31. The van der Waals surface area contributed by atoms with Crippen molar-refractivity contribution < 1.29 is 18.8 Å². The predicted octanol–water partition coefficient (Wildman–Crippen LogP) is 2.38. The van der Waals surface area contributed by atoms with E-state index in [2.05, 4.69) is 5.32 Å². The first-order valence-corrected chi connectivity index (χ1v) is 7.53. The van der Waals surface area contributed by atoms with Crippen molar-refractivity contribution in [2.75, 3.05) is 0 Å². The molecule has 6 nitrogen and oxygen atoms in total. The van der Waals surface area contributed by atoms with Gasteiger partial charge in [-0.2, -0.15) is 0 Å². The molecule has 4 amide bonds. The number of hydrogen-bond acceptors (Lipinski definition) is 4. The zero-order valence-corrected chi connectivity index (χ0v) is 12.4. The maximum atomic E-state index is 12.6. The van der Waals surface area contributed by atoms with Crippen molar-refractivity contribution in [2.24, 2.45) is 0 Å². The van der Waals surface area contributed by atoms with E-state index in [-0.39, 0.29) is 11.6 Å². The minimum absolute atomic E-state index is 0.0560. The molecule has 1 saturated heterocycles. The minimum Gasteiger partial charge on any atom is -0.462 e. The van der Waals surface area contributed by atoms with Gasteiger partial charge in [0, 0.05) is 6.04 Å². The summed E-state index contributed by atoms with van der Waals surface area (Å²) in [7, 11) is 0. The van der Waals surface area contributed by atoms with Crippen molar-refractivity contribution in [2.45, 2.75) is 45.1 Å². The second-order valence-corrected chi connectivity index (χ2v) is 5.73. The number of urea groups is 1. The van der Waals surface area contributed by atoms with Crippen LogP contribution in [0.3, 0.4) is 0 Å². The highest BCUT2D eigenvalue weighted by Crippen LogP contribution is 2.26. The SMILES string of the molecule is Cc1ccc(/C=C2/C(=O)NC(=O)N(C3CCCCC3)C2=O)o1. The number of furan rings is 1. The van der Waals surface area contributed by atoms with E-state index in [1.54, 1.807) is 19.1 Å². The van der Waals surface area contributed by atoms with Gasteiger partial charge < -0.3 is 4.42 Å². The van der Waals surface area contributed by atoms with Crippen molar-refractivity contribution >= 4 is 23.9 Å². The van der Waals surface area contributed by atoms with E-state index in [0.717, 1.165) is 32.1 Å². The molecule has 22 heavy (non-hydrogen) atoms. The highest BCUT2D eigenvalue weighted by atomic mass is 16.3. The lowest BCUT2D eigenvalue weighted by Crippen LogP contribution is -2.58. The van der Waals surface area contributed by atoms with Crippen LogP contribution in [0.25, 0.3) is 6.08 Å². The highest BCUT2D eigenvalue weighted by Gasteiger charge is 2.40. The van der Waals surface area contributed by atoms with Gasteiger partial charge in [0.05, 0.1) is 0 Å². The molecule has 1 aromatic rings. The van der Waals surface area contributed by atoms with Crippen LogP contribution in [0.2, 0.25) is 0 Å². The molecule has 6 heteroatoms. The standard InChI is InChI=1S/C16H18N2O4/c1-10-7-8-12(22-10)9-13-14(19)17-16(21)18(15(13)20)11-5-3-2-4-6-11/h7-9,11H,2-6H2,1H3,(H,17,19,21)/b13-9-. The molecule has 0 radical (unpaired) electrons. The lowest BCUT2D eigenvalue weighted by atomic mass is 9.93.